The van der Waals surface area contributed by atoms with Crippen molar-refractivity contribution in [3.8, 4) is 5.75 Å². The number of rotatable bonds is 2. The first-order valence-corrected chi connectivity index (χ1v) is 10.2. The van der Waals surface area contributed by atoms with Crippen LogP contribution in [0.15, 0.2) is 36.7 Å². The molecule has 5 rings (SSSR count). The van der Waals surface area contributed by atoms with Gasteiger partial charge < -0.3 is 52.2 Å². The smallest absolute Gasteiger partial charge is 0.292 e. The molecule has 2 aromatic heterocycles. The molecule has 0 saturated carbocycles. The highest BCUT2D eigenvalue weighted by Crippen LogP contribution is 2.37. The van der Waals surface area contributed by atoms with Crippen LogP contribution in [-0.4, -0.2) is 61.5 Å². The Morgan fingerprint density at radius 3 is 2.44 bits per heavy atom. The molecule has 0 spiro atoms. The number of pyridine rings is 1. The summed E-state index contributed by atoms with van der Waals surface area (Å²) in [5, 5.41) is 54.1. The van der Waals surface area contributed by atoms with Crippen LogP contribution in [0.2, 0.25) is 0 Å². The van der Waals surface area contributed by atoms with Gasteiger partial charge in [0.05, 0.1) is 12.1 Å². The molecule has 8 nitrogen and oxygen atoms in total. The number of aryl methyl sites for hydroxylation is 2. The lowest BCUT2D eigenvalue weighted by atomic mass is 9.96. The molecule has 0 amide bonds. The first-order valence-electron chi connectivity index (χ1n) is 10.2. The zero-order valence-corrected chi connectivity index (χ0v) is 19.1. The third kappa shape index (κ3) is 3.28. The zero-order valence-electron chi connectivity index (χ0n) is 17.5. The Hall–Kier alpha value is -2.27. The molecule has 0 radical (unpaired) electrons. The molecule has 1 aliphatic rings. The molecule has 3 heterocycles. The summed E-state index contributed by atoms with van der Waals surface area (Å²) in [6.45, 7) is 3.55. The lowest BCUT2D eigenvalue weighted by molar-refractivity contribution is -0.777. The number of nitrogens with zero attached hydrogens (tertiary/aromatic N) is 1. The van der Waals surface area contributed by atoms with E-state index in [2.05, 4.69) is 4.98 Å². The van der Waals surface area contributed by atoms with Crippen LogP contribution >= 0.6 is 0 Å². The van der Waals surface area contributed by atoms with Gasteiger partial charge >= 0.3 is 0 Å². The largest absolute Gasteiger partial charge is 1.00 e. The maximum atomic E-state index is 10.5. The van der Waals surface area contributed by atoms with Crippen LogP contribution in [0.3, 0.4) is 0 Å². The van der Waals surface area contributed by atoms with Gasteiger partial charge in [0.25, 0.3) is 6.23 Å². The number of hydrogen-bond donors (Lipinski definition) is 6. The van der Waals surface area contributed by atoms with E-state index >= 15 is 0 Å². The van der Waals surface area contributed by atoms with E-state index in [-0.39, 0.29) is 22.7 Å². The topological polar surface area (TPSA) is 130 Å². The number of benzene rings is 2. The number of phenolic OH excluding ortho intramolecular Hbond substituents is 1. The number of nitrogens with one attached hydrogen (secondary N) is 1. The standard InChI is InChI=1S/C23H24N2O6.BrH/c1-10-15-8-25(23-22(30)21(29)20(28)17(9-26)31-23)6-5-13(15)11(2)19-18(10)14-7-12(27)3-4-16(14)24-19;/h3-8,17,20-23,26-30H,9H2,1-2H3;1H/t17-,20-,21-,22-,23-;/m1./s1. The van der Waals surface area contributed by atoms with E-state index in [4.69, 9.17) is 4.74 Å². The van der Waals surface area contributed by atoms with Gasteiger partial charge in [-0.15, -0.1) is 0 Å². The summed E-state index contributed by atoms with van der Waals surface area (Å²) in [5.74, 6) is 0.190. The van der Waals surface area contributed by atoms with Crippen molar-refractivity contribution in [1.29, 1.82) is 0 Å². The summed E-state index contributed by atoms with van der Waals surface area (Å²) < 4.78 is 7.36. The van der Waals surface area contributed by atoms with E-state index < -0.39 is 37.3 Å². The van der Waals surface area contributed by atoms with Crippen LogP contribution < -0.4 is 21.5 Å². The van der Waals surface area contributed by atoms with Crippen LogP contribution in [0.4, 0.5) is 0 Å². The van der Waals surface area contributed by atoms with Crippen molar-refractivity contribution in [1.82, 2.24) is 4.98 Å². The van der Waals surface area contributed by atoms with Crippen LogP contribution in [0.5, 0.6) is 5.75 Å². The number of fused-ring (bicyclic) bond motifs is 4. The van der Waals surface area contributed by atoms with Gasteiger partial charge in [0.2, 0.25) is 0 Å². The molecular formula is C23H25BrN2O6. The molecular weight excluding hydrogens is 480 g/mol. The zero-order chi connectivity index (χ0) is 22.0. The van der Waals surface area contributed by atoms with E-state index in [0.29, 0.717) is 0 Å². The average molecular weight is 505 g/mol. The summed E-state index contributed by atoms with van der Waals surface area (Å²) >= 11 is 0. The average Bonchev–Trinajstić information content (AvgIpc) is 3.15. The van der Waals surface area contributed by atoms with E-state index in [1.54, 1.807) is 22.9 Å². The minimum absolute atomic E-state index is 0. The molecule has 1 saturated heterocycles. The molecule has 1 fully saturated rings. The summed E-state index contributed by atoms with van der Waals surface area (Å²) in [7, 11) is 0. The number of aromatic hydroxyl groups is 1. The lowest BCUT2D eigenvalue weighted by Crippen LogP contribution is -3.00. The highest BCUT2D eigenvalue weighted by Gasteiger charge is 2.48. The quantitative estimate of drug-likeness (QED) is 0.176. The second kappa shape index (κ2) is 8.26. The van der Waals surface area contributed by atoms with E-state index in [1.165, 1.54) is 0 Å². The first-order chi connectivity index (χ1) is 14.8. The van der Waals surface area contributed by atoms with E-state index in [0.717, 1.165) is 43.7 Å². The number of H-pyrrole nitrogens is 1. The Balaban J connectivity index is 0.00000245. The Morgan fingerprint density at radius 2 is 1.72 bits per heavy atom. The third-order valence-corrected chi connectivity index (χ3v) is 6.48. The Bertz CT molecular complexity index is 1320. The van der Waals surface area contributed by atoms with Crippen LogP contribution in [-0.2, 0) is 4.74 Å². The molecule has 0 aliphatic carbocycles. The van der Waals surface area contributed by atoms with Crippen molar-refractivity contribution in [2.24, 2.45) is 0 Å². The predicted molar refractivity (Wildman–Crippen MR) is 114 cm³/mol. The molecule has 0 unspecified atom stereocenters. The van der Waals surface area contributed by atoms with Gasteiger partial charge in [-0.1, -0.05) is 0 Å². The molecule has 2 aromatic carbocycles. The van der Waals surface area contributed by atoms with E-state index in [1.807, 2.05) is 32.2 Å². The minimum Gasteiger partial charge on any atom is -1.00 e. The Labute approximate surface area is 194 Å². The molecule has 170 valence electrons. The number of phenols is 1. The fourth-order valence-electron chi connectivity index (χ4n) is 4.74. The lowest BCUT2D eigenvalue weighted by Gasteiger charge is -2.36. The van der Waals surface area contributed by atoms with Crippen LogP contribution in [0, 0.1) is 13.8 Å². The number of aliphatic hydroxyl groups excluding tert-OH is 4. The molecule has 0 bridgehead atoms. The SMILES string of the molecule is Cc1c2cc[n+]([C@@H]3O[C@H](CO)[C@@H](O)[C@@H](O)[C@H]3O)cc2c(C)c2c1[nH]c1ccc(O)cc12.[Br-]. The van der Waals surface area contributed by atoms with Crippen molar-refractivity contribution < 1.29 is 51.8 Å². The number of aliphatic hydroxyl groups is 4. The summed E-state index contributed by atoms with van der Waals surface area (Å²) in [6, 6.07) is 7.15. The summed E-state index contributed by atoms with van der Waals surface area (Å²) in [4.78, 5) is 3.44. The normalized spacial score (nSPS) is 26.0. The van der Waals surface area contributed by atoms with Crippen molar-refractivity contribution in [2.45, 2.75) is 44.5 Å². The van der Waals surface area contributed by atoms with Gasteiger partial charge in [0, 0.05) is 27.7 Å². The van der Waals surface area contributed by atoms with Crippen molar-refractivity contribution in [3.05, 3.63) is 47.8 Å². The predicted octanol–water partition coefficient (Wildman–Crippen LogP) is -1.94. The first kappa shape index (κ1) is 22.9. The van der Waals surface area contributed by atoms with Crippen LogP contribution in [0.25, 0.3) is 32.6 Å². The monoisotopic (exact) mass is 504 g/mol. The van der Waals surface area contributed by atoms with Crippen molar-refractivity contribution in [2.75, 3.05) is 6.61 Å². The van der Waals surface area contributed by atoms with Gasteiger partial charge in [-0.2, -0.15) is 4.57 Å². The number of hydrogen-bond acceptors (Lipinski definition) is 6. The molecule has 4 aromatic rings. The summed E-state index contributed by atoms with van der Waals surface area (Å²) in [6.07, 6.45) is -2.57. The molecule has 1 aliphatic heterocycles. The van der Waals surface area contributed by atoms with Crippen molar-refractivity contribution >= 4 is 32.6 Å². The highest BCUT2D eigenvalue weighted by molar-refractivity contribution is 6.16. The Morgan fingerprint density at radius 1 is 0.969 bits per heavy atom. The van der Waals surface area contributed by atoms with Gasteiger partial charge in [-0.05, 0) is 48.6 Å². The molecule has 6 N–H and O–H groups in total. The summed E-state index contributed by atoms with van der Waals surface area (Å²) in [5.41, 5.74) is 3.96. The maximum Gasteiger partial charge on any atom is 0.292 e. The maximum absolute atomic E-state index is 10.5. The third-order valence-electron chi connectivity index (χ3n) is 6.48. The fraction of sp³-hybridized carbons (Fsp3) is 0.348. The fourth-order valence-corrected chi connectivity index (χ4v) is 4.74. The minimum atomic E-state index is -1.44. The Kier molecular flexibility index (Phi) is 5.91. The van der Waals surface area contributed by atoms with Gasteiger partial charge in [-0.3, -0.25) is 0 Å². The molecule has 5 atom stereocenters. The van der Waals surface area contributed by atoms with Crippen LogP contribution in [0.1, 0.15) is 17.4 Å². The number of aromatic amines is 1. The number of aromatic nitrogens is 2. The second-order valence-corrected chi connectivity index (χ2v) is 8.29. The second-order valence-electron chi connectivity index (χ2n) is 8.29. The number of halogens is 1. The molecule has 9 heteroatoms. The van der Waals surface area contributed by atoms with Crippen molar-refractivity contribution in [3.63, 3.8) is 0 Å². The van der Waals surface area contributed by atoms with Gasteiger partial charge in [0.1, 0.15) is 24.1 Å². The molecule has 32 heavy (non-hydrogen) atoms. The van der Waals surface area contributed by atoms with Gasteiger partial charge in [-0.25, -0.2) is 0 Å². The number of ether oxygens (including phenoxy) is 1. The highest BCUT2D eigenvalue weighted by atomic mass is 79.9. The van der Waals surface area contributed by atoms with E-state index in [9.17, 15) is 25.5 Å². The van der Waals surface area contributed by atoms with Gasteiger partial charge in [0.15, 0.2) is 18.5 Å².